The number of hydrogen-bond acceptors (Lipinski definition) is 7. The van der Waals surface area contributed by atoms with Gasteiger partial charge in [-0.15, -0.1) is 0 Å². The third kappa shape index (κ3) is 5.22. The molecule has 3 rings (SSSR count). The highest BCUT2D eigenvalue weighted by atomic mass is 35.5. The molecule has 1 atom stereocenters. The molecule has 9 heteroatoms. The van der Waals surface area contributed by atoms with Crippen LogP contribution < -0.4 is 21.1 Å². The van der Waals surface area contributed by atoms with Gasteiger partial charge in [0.1, 0.15) is 5.75 Å². The minimum absolute atomic E-state index is 0.0130. The van der Waals surface area contributed by atoms with Gasteiger partial charge in [0.05, 0.1) is 46.6 Å². The topological polar surface area (TPSA) is 133 Å². The third-order valence-electron chi connectivity index (χ3n) is 4.70. The number of nitrogens with one attached hydrogen (secondary N) is 2. The summed E-state index contributed by atoms with van der Waals surface area (Å²) in [6.07, 6.45) is 0.613. The van der Waals surface area contributed by atoms with Crippen molar-refractivity contribution >= 4 is 34.1 Å². The first-order chi connectivity index (χ1) is 15.0. The molecular weight excluding hydrogens is 418 g/mol. The number of rotatable bonds is 8. The minimum atomic E-state index is -0.847. The number of fused-ring (bicyclic) bond motifs is 1. The van der Waals surface area contributed by atoms with E-state index in [9.17, 15) is 15.2 Å². The smallest absolute Gasteiger partial charge is 0.255 e. The second-order valence-corrected chi connectivity index (χ2v) is 7.22. The average Bonchev–Trinajstić information content (AvgIpc) is 2.80. The molecule has 1 unspecified atom stereocenters. The van der Waals surface area contributed by atoms with Gasteiger partial charge in [-0.1, -0.05) is 17.7 Å². The summed E-state index contributed by atoms with van der Waals surface area (Å²) >= 11 is 6.22. The van der Waals surface area contributed by atoms with Crippen molar-refractivity contribution in [3.8, 4) is 11.8 Å². The number of aliphatic hydroxyl groups excluding tert-OH is 1. The van der Waals surface area contributed by atoms with Crippen LogP contribution in [0.3, 0.4) is 0 Å². The molecule has 0 aliphatic carbocycles. The summed E-state index contributed by atoms with van der Waals surface area (Å²) in [6.45, 7) is 0.412. The van der Waals surface area contributed by atoms with Crippen LogP contribution >= 0.6 is 11.6 Å². The van der Waals surface area contributed by atoms with Crippen LogP contribution in [0.1, 0.15) is 21.5 Å². The van der Waals surface area contributed by atoms with Gasteiger partial charge in [0.2, 0.25) is 0 Å². The van der Waals surface area contributed by atoms with Crippen molar-refractivity contribution in [2.45, 2.75) is 12.6 Å². The Morgan fingerprint density at radius 2 is 2.16 bits per heavy atom. The van der Waals surface area contributed by atoms with Gasteiger partial charge in [0, 0.05) is 31.2 Å². The fraction of sp³-hybridized carbons (Fsp3) is 0.227. The Hall–Kier alpha value is -3.38. The van der Waals surface area contributed by atoms with Crippen molar-refractivity contribution in [2.24, 2.45) is 5.73 Å². The molecule has 0 aliphatic heterocycles. The molecule has 31 heavy (non-hydrogen) atoms. The molecule has 1 amide bonds. The Morgan fingerprint density at radius 1 is 1.35 bits per heavy atom. The van der Waals surface area contributed by atoms with Crippen molar-refractivity contribution < 1.29 is 14.6 Å². The lowest BCUT2D eigenvalue weighted by atomic mass is 10.1. The third-order valence-corrected chi connectivity index (χ3v) is 4.99. The number of ether oxygens (including phenoxy) is 1. The number of halogens is 1. The fourth-order valence-corrected chi connectivity index (χ4v) is 3.30. The predicted octanol–water partition coefficient (Wildman–Crippen LogP) is 2.43. The summed E-state index contributed by atoms with van der Waals surface area (Å²) in [5.41, 5.74) is 8.16. The number of methoxy groups -OCH3 is 1. The number of nitriles is 1. The molecule has 0 aliphatic rings. The van der Waals surface area contributed by atoms with E-state index in [0.29, 0.717) is 39.5 Å². The summed E-state index contributed by atoms with van der Waals surface area (Å²) in [5, 5.41) is 26.0. The molecule has 0 radical (unpaired) electrons. The maximum absolute atomic E-state index is 12.8. The van der Waals surface area contributed by atoms with E-state index in [2.05, 4.69) is 21.7 Å². The van der Waals surface area contributed by atoms with Crippen molar-refractivity contribution in [2.75, 3.05) is 25.5 Å². The highest BCUT2D eigenvalue weighted by Gasteiger charge is 2.17. The van der Waals surface area contributed by atoms with Crippen molar-refractivity contribution in [1.29, 1.82) is 5.26 Å². The van der Waals surface area contributed by atoms with Crippen molar-refractivity contribution in [1.82, 2.24) is 10.3 Å². The molecule has 3 aromatic rings. The normalized spacial score (nSPS) is 11.6. The number of nitrogens with zero attached hydrogens (tertiary/aromatic N) is 2. The molecule has 160 valence electrons. The Morgan fingerprint density at radius 3 is 2.84 bits per heavy atom. The molecule has 1 aromatic heterocycles. The number of pyridine rings is 1. The highest BCUT2D eigenvalue weighted by Crippen LogP contribution is 2.29. The lowest BCUT2D eigenvalue weighted by molar-refractivity contribution is 0.0920. The standard InChI is InChI=1S/C22H22ClN5O3/c1-31-20-5-3-14(7-18(20)23)10-27-21-16-6-13(8-24)2-4-19(16)26-12-17(21)22(30)28-11-15(29)9-25/h2-7,12,15,29H,9-11,25H2,1H3,(H,26,27)(H,28,30). The second-order valence-electron chi connectivity index (χ2n) is 6.81. The van der Waals surface area contributed by atoms with E-state index < -0.39 is 12.0 Å². The van der Waals surface area contributed by atoms with Crippen LogP contribution in [0.25, 0.3) is 10.9 Å². The number of benzene rings is 2. The predicted molar refractivity (Wildman–Crippen MR) is 119 cm³/mol. The number of hydrogen-bond donors (Lipinski definition) is 4. The SMILES string of the molecule is COc1ccc(CNc2c(C(=O)NCC(O)CN)cnc3ccc(C#N)cc23)cc1Cl. The lowest BCUT2D eigenvalue weighted by Crippen LogP contribution is -2.36. The van der Waals surface area contributed by atoms with E-state index in [1.54, 1.807) is 37.4 Å². The van der Waals surface area contributed by atoms with Crippen LogP contribution in [0, 0.1) is 11.3 Å². The Kier molecular flexibility index (Phi) is 7.26. The zero-order chi connectivity index (χ0) is 22.4. The van der Waals surface area contributed by atoms with E-state index in [1.807, 2.05) is 6.07 Å². The molecule has 0 fully saturated rings. The second kappa shape index (κ2) is 10.1. The van der Waals surface area contributed by atoms with E-state index in [4.69, 9.17) is 22.1 Å². The summed E-state index contributed by atoms with van der Waals surface area (Å²) in [4.78, 5) is 17.1. The van der Waals surface area contributed by atoms with Crippen molar-refractivity contribution in [3.63, 3.8) is 0 Å². The molecule has 0 spiro atoms. The van der Waals surface area contributed by atoms with Crippen LogP contribution in [0.5, 0.6) is 5.75 Å². The van der Waals surface area contributed by atoms with Gasteiger partial charge >= 0.3 is 0 Å². The molecule has 2 aromatic carbocycles. The number of carbonyl (C=O) groups is 1. The zero-order valence-electron chi connectivity index (χ0n) is 16.9. The molecule has 0 saturated heterocycles. The van der Waals surface area contributed by atoms with Crippen LogP contribution in [-0.4, -0.2) is 42.3 Å². The van der Waals surface area contributed by atoms with E-state index in [0.717, 1.165) is 5.56 Å². The van der Waals surface area contributed by atoms with Gasteiger partial charge in [-0.2, -0.15) is 5.26 Å². The molecule has 5 N–H and O–H groups in total. The monoisotopic (exact) mass is 439 g/mol. The van der Waals surface area contributed by atoms with E-state index >= 15 is 0 Å². The summed E-state index contributed by atoms with van der Waals surface area (Å²) < 4.78 is 5.18. The van der Waals surface area contributed by atoms with Crippen LogP contribution in [0.2, 0.25) is 5.02 Å². The molecule has 0 bridgehead atoms. The minimum Gasteiger partial charge on any atom is -0.495 e. The molecular formula is C22H22ClN5O3. The van der Waals surface area contributed by atoms with Gasteiger partial charge in [-0.05, 0) is 35.9 Å². The first-order valence-electron chi connectivity index (χ1n) is 9.52. The number of carbonyl (C=O) groups excluding carboxylic acids is 1. The van der Waals surface area contributed by atoms with Crippen LogP contribution in [-0.2, 0) is 6.54 Å². The van der Waals surface area contributed by atoms with Crippen LogP contribution in [0.4, 0.5) is 5.69 Å². The van der Waals surface area contributed by atoms with Crippen LogP contribution in [0.15, 0.2) is 42.6 Å². The first kappa shape index (κ1) is 22.3. The maximum atomic E-state index is 12.8. The van der Waals surface area contributed by atoms with Gasteiger partial charge in [0.25, 0.3) is 5.91 Å². The summed E-state index contributed by atoms with van der Waals surface area (Å²) in [7, 11) is 1.54. The number of aliphatic hydroxyl groups is 1. The Balaban J connectivity index is 1.97. The average molecular weight is 440 g/mol. The summed E-state index contributed by atoms with van der Waals surface area (Å²) in [5.74, 6) is 0.150. The van der Waals surface area contributed by atoms with Gasteiger partial charge in [-0.25, -0.2) is 0 Å². The fourth-order valence-electron chi connectivity index (χ4n) is 3.02. The quantitative estimate of drug-likeness (QED) is 0.423. The van der Waals surface area contributed by atoms with Gasteiger partial charge < -0.3 is 26.2 Å². The van der Waals surface area contributed by atoms with Gasteiger partial charge in [-0.3, -0.25) is 9.78 Å². The highest BCUT2D eigenvalue weighted by molar-refractivity contribution is 6.32. The number of amides is 1. The van der Waals surface area contributed by atoms with E-state index in [-0.39, 0.29) is 18.7 Å². The van der Waals surface area contributed by atoms with Gasteiger partial charge in [0.15, 0.2) is 0 Å². The molecule has 8 nitrogen and oxygen atoms in total. The van der Waals surface area contributed by atoms with Crippen molar-refractivity contribution in [3.05, 3.63) is 64.3 Å². The zero-order valence-corrected chi connectivity index (χ0v) is 17.6. The Bertz CT molecular complexity index is 1150. The lowest BCUT2D eigenvalue weighted by Gasteiger charge is -2.16. The van der Waals surface area contributed by atoms with E-state index in [1.165, 1.54) is 6.20 Å². The summed E-state index contributed by atoms with van der Waals surface area (Å²) in [6, 6.07) is 12.6. The molecule has 0 saturated carbocycles. The number of nitrogens with two attached hydrogens (primary N) is 1. The first-order valence-corrected chi connectivity index (χ1v) is 9.90. The number of aromatic nitrogens is 1. The molecule has 1 heterocycles. The Labute approximate surface area is 184 Å². The maximum Gasteiger partial charge on any atom is 0.255 e. The largest absolute Gasteiger partial charge is 0.495 e. The number of anilines is 1.